The van der Waals surface area contributed by atoms with E-state index in [9.17, 15) is 0 Å². The van der Waals surface area contributed by atoms with E-state index in [4.69, 9.17) is 4.42 Å². The Morgan fingerprint density at radius 1 is 0.471 bits per heavy atom. The van der Waals surface area contributed by atoms with Gasteiger partial charge in [-0.2, -0.15) is 0 Å². The Morgan fingerprint density at radius 3 is 1.71 bits per heavy atom. The molecule has 2 heteroatoms. The summed E-state index contributed by atoms with van der Waals surface area (Å²) >= 11 is 3.67. The summed E-state index contributed by atoms with van der Waals surface area (Å²) in [5.41, 5.74) is 6.67. The van der Waals surface area contributed by atoms with Crippen molar-refractivity contribution in [2.24, 2.45) is 0 Å². The molecule has 0 N–H and O–H groups in total. The molecule has 6 aromatic carbocycles. The summed E-state index contributed by atoms with van der Waals surface area (Å²) in [6.07, 6.45) is 0. The first-order valence-electron chi connectivity index (χ1n) is 11.4. The highest BCUT2D eigenvalue weighted by Crippen LogP contribution is 2.46. The normalized spacial score (nSPS) is 11.7. The number of furan rings is 1. The molecule has 0 radical (unpaired) electrons. The minimum Gasteiger partial charge on any atom is -0.455 e. The molecular weight excluding hydrogens is 480 g/mol. The van der Waals surface area contributed by atoms with Crippen molar-refractivity contribution in [1.82, 2.24) is 0 Å². The number of benzene rings is 6. The van der Waals surface area contributed by atoms with Gasteiger partial charge in [-0.25, -0.2) is 0 Å². The van der Waals surface area contributed by atoms with Gasteiger partial charge in [0.15, 0.2) is 0 Å². The minimum absolute atomic E-state index is 0.921. The number of rotatable bonds is 2. The first kappa shape index (κ1) is 19.6. The van der Waals surface area contributed by atoms with Gasteiger partial charge < -0.3 is 4.42 Å². The third-order valence-electron chi connectivity index (χ3n) is 6.72. The van der Waals surface area contributed by atoms with Crippen LogP contribution in [0.5, 0.6) is 0 Å². The van der Waals surface area contributed by atoms with Gasteiger partial charge in [0.2, 0.25) is 0 Å². The Balaban J connectivity index is 1.68. The Hall–Kier alpha value is -3.88. The average Bonchev–Trinajstić information content (AvgIpc) is 3.26. The molecule has 0 atom stereocenters. The largest absolute Gasteiger partial charge is 0.455 e. The molecule has 0 aliphatic rings. The lowest BCUT2D eigenvalue weighted by Crippen LogP contribution is -1.91. The van der Waals surface area contributed by atoms with Crippen LogP contribution < -0.4 is 0 Å². The molecule has 0 saturated carbocycles. The molecule has 0 fully saturated rings. The maximum Gasteiger partial charge on any atom is 0.143 e. The second-order valence-electron chi connectivity index (χ2n) is 8.63. The molecule has 7 aromatic rings. The quantitative estimate of drug-likeness (QED) is 0.216. The van der Waals surface area contributed by atoms with E-state index in [1.807, 2.05) is 12.1 Å². The van der Waals surface area contributed by atoms with Crippen LogP contribution in [0.1, 0.15) is 0 Å². The number of hydrogen-bond donors (Lipinski definition) is 0. The number of halogens is 1. The molecule has 0 amide bonds. The predicted octanol–water partition coefficient (Wildman–Crippen LogP) is 9.99. The average molecular weight is 499 g/mol. The molecule has 7 rings (SSSR count). The fourth-order valence-corrected chi connectivity index (χ4v) is 5.72. The van der Waals surface area contributed by atoms with Gasteiger partial charge in [0.1, 0.15) is 11.2 Å². The van der Waals surface area contributed by atoms with Gasteiger partial charge in [0, 0.05) is 26.4 Å². The molecule has 1 nitrogen and oxygen atoms in total. The Morgan fingerprint density at radius 2 is 1.03 bits per heavy atom. The van der Waals surface area contributed by atoms with E-state index in [0.29, 0.717) is 0 Å². The second kappa shape index (κ2) is 7.58. The lowest BCUT2D eigenvalue weighted by Gasteiger charge is -2.18. The summed E-state index contributed by atoms with van der Waals surface area (Å²) in [5.74, 6) is 0. The zero-order valence-electron chi connectivity index (χ0n) is 18.3. The molecule has 0 spiro atoms. The molecule has 1 aromatic heterocycles. The lowest BCUT2D eigenvalue weighted by atomic mass is 9.85. The van der Waals surface area contributed by atoms with E-state index < -0.39 is 0 Å². The number of hydrogen-bond acceptors (Lipinski definition) is 1. The Bertz CT molecular complexity index is 1820. The predicted molar refractivity (Wildman–Crippen MR) is 147 cm³/mol. The van der Waals surface area contributed by atoms with Crippen molar-refractivity contribution in [3.05, 3.63) is 120 Å². The van der Waals surface area contributed by atoms with Crippen molar-refractivity contribution in [2.75, 3.05) is 0 Å². The monoisotopic (exact) mass is 498 g/mol. The molecule has 0 saturated heterocycles. The summed E-state index contributed by atoms with van der Waals surface area (Å²) in [4.78, 5) is 0. The third kappa shape index (κ3) is 2.85. The van der Waals surface area contributed by atoms with Crippen LogP contribution in [0.2, 0.25) is 0 Å². The summed E-state index contributed by atoms with van der Waals surface area (Å²) in [5, 5.41) is 7.23. The van der Waals surface area contributed by atoms with Gasteiger partial charge in [0.05, 0.1) is 0 Å². The highest BCUT2D eigenvalue weighted by atomic mass is 79.9. The summed E-state index contributed by atoms with van der Waals surface area (Å²) < 4.78 is 7.54. The summed E-state index contributed by atoms with van der Waals surface area (Å²) in [6.45, 7) is 0. The van der Waals surface area contributed by atoms with Gasteiger partial charge in [-0.05, 0) is 50.9 Å². The lowest BCUT2D eigenvalue weighted by molar-refractivity contribution is 0.670. The van der Waals surface area contributed by atoms with Crippen LogP contribution in [-0.4, -0.2) is 0 Å². The van der Waals surface area contributed by atoms with Crippen LogP contribution in [-0.2, 0) is 0 Å². The van der Waals surface area contributed by atoms with Crippen LogP contribution in [0.3, 0.4) is 0 Å². The molecule has 160 valence electrons. The Kier molecular flexibility index (Phi) is 4.36. The van der Waals surface area contributed by atoms with Gasteiger partial charge in [-0.1, -0.05) is 113 Å². The molecule has 0 unspecified atom stereocenters. The molecule has 1 heterocycles. The highest BCUT2D eigenvalue weighted by Gasteiger charge is 2.19. The maximum absolute atomic E-state index is 6.46. The zero-order valence-corrected chi connectivity index (χ0v) is 19.8. The number of para-hydroxylation sites is 2. The SMILES string of the molecule is Brc1cccc(-c2c3ccccc3c(-c3cccc4c3oc3ccccc34)c3ccccc23)c1. The molecular formula is C32H19BrO. The molecule has 0 bridgehead atoms. The van der Waals surface area contributed by atoms with Crippen molar-refractivity contribution in [2.45, 2.75) is 0 Å². The first-order chi connectivity index (χ1) is 16.8. The van der Waals surface area contributed by atoms with E-state index in [2.05, 4.69) is 119 Å². The van der Waals surface area contributed by atoms with Crippen LogP contribution in [0.15, 0.2) is 124 Å². The highest BCUT2D eigenvalue weighted by molar-refractivity contribution is 9.10. The summed E-state index contributed by atoms with van der Waals surface area (Å²) in [6, 6.07) is 40.8. The minimum atomic E-state index is 0.921. The van der Waals surface area contributed by atoms with E-state index >= 15 is 0 Å². The fourth-order valence-electron chi connectivity index (χ4n) is 5.32. The van der Waals surface area contributed by atoms with E-state index in [1.54, 1.807) is 0 Å². The zero-order chi connectivity index (χ0) is 22.6. The van der Waals surface area contributed by atoms with Crippen molar-refractivity contribution >= 4 is 59.4 Å². The van der Waals surface area contributed by atoms with E-state index in [-0.39, 0.29) is 0 Å². The van der Waals surface area contributed by atoms with Gasteiger partial charge >= 0.3 is 0 Å². The van der Waals surface area contributed by atoms with Gasteiger partial charge in [0.25, 0.3) is 0 Å². The Labute approximate surface area is 205 Å². The number of fused-ring (bicyclic) bond motifs is 5. The topological polar surface area (TPSA) is 13.1 Å². The fraction of sp³-hybridized carbons (Fsp3) is 0. The van der Waals surface area contributed by atoms with E-state index in [0.717, 1.165) is 32.0 Å². The maximum atomic E-state index is 6.46. The molecule has 34 heavy (non-hydrogen) atoms. The van der Waals surface area contributed by atoms with Crippen molar-refractivity contribution in [3.63, 3.8) is 0 Å². The van der Waals surface area contributed by atoms with Gasteiger partial charge in [-0.15, -0.1) is 0 Å². The summed E-state index contributed by atoms with van der Waals surface area (Å²) in [7, 11) is 0. The van der Waals surface area contributed by atoms with Crippen LogP contribution in [0.25, 0.3) is 65.7 Å². The molecule has 0 aliphatic carbocycles. The van der Waals surface area contributed by atoms with Crippen LogP contribution in [0, 0.1) is 0 Å². The van der Waals surface area contributed by atoms with Crippen molar-refractivity contribution < 1.29 is 4.42 Å². The van der Waals surface area contributed by atoms with Crippen molar-refractivity contribution in [3.8, 4) is 22.3 Å². The first-order valence-corrected chi connectivity index (χ1v) is 12.2. The second-order valence-corrected chi connectivity index (χ2v) is 9.55. The van der Waals surface area contributed by atoms with Crippen molar-refractivity contribution in [1.29, 1.82) is 0 Å². The standard InChI is InChI=1S/C32H19BrO/c33-21-10-7-9-20(19-21)30-23-12-1-3-14-25(23)31(26-15-4-2-13-24(26)30)28-17-8-16-27-22-11-5-6-18-29(22)34-32(27)28/h1-19H. The van der Waals surface area contributed by atoms with Crippen LogP contribution >= 0.6 is 15.9 Å². The smallest absolute Gasteiger partial charge is 0.143 e. The third-order valence-corrected chi connectivity index (χ3v) is 7.21. The molecule has 0 aliphatic heterocycles. The van der Waals surface area contributed by atoms with Crippen LogP contribution in [0.4, 0.5) is 0 Å². The van der Waals surface area contributed by atoms with E-state index in [1.165, 1.54) is 38.2 Å². The van der Waals surface area contributed by atoms with Gasteiger partial charge in [-0.3, -0.25) is 0 Å².